The molecule has 0 saturated carbocycles. The number of carbonyl (C=O) groups is 1. The van der Waals surface area contributed by atoms with Crippen LogP contribution < -0.4 is 10.1 Å². The first-order valence-electron chi connectivity index (χ1n) is 7.53. The molecule has 0 aromatic heterocycles. The summed E-state index contributed by atoms with van der Waals surface area (Å²) in [6.07, 6.45) is 0. The minimum atomic E-state index is -0.298. The number of para-hydroxylation sites is 1. The molecule has 0 fully saturated rings. The second-order valence-corrected chi connectivity index (χ2v) is 5.96. The summed E-state index contributed by atoms with van der Waals surface area (Å²) in [6.45, 7) is 0.216. The number of hydrogen-bond donors (Lipinski definition) is 1. The normalized spacial score (nSPS) is 12.0. The van der Waals surface area contributed by atoms with Gasteiger partial charge >= 0.3 is 0 Å². The van der Waals surface area contributed by atoms with Crippen molar-refractivity contribution in [2.24, 2.45) is 0 Å². The maximum Gasteiger partial charge on any atom is 0.258 e. The fourth-order valence-electron chi connectivity index (χ4n) is 2.28. The second kappa shape index (κ2) is 8.66. The summed E-state index contributed by atoms with van der Waals surface area (Å²) in [6, 6.07) is 13.2. The average Bonchev–Trinajstić information content (AvgIpc) is 2.54. The predicted octanol–water partition coefficient (Wildman–Crippen LogP) is 3.28. The van der Waals surface area contributed by atoms with Gasteiger partial charge in [0.1, 0.15) is 11.6 Å². The minimum Gasteiger partial charge on any atom is -0.482 e. The van der Waals surface area contributed by atoms with Crippen LogP contribution in [0.25, 0.3) is 0 Å². The van der Waals surface area contributed by atoms with Crippen LogP contribution in [0.3, 0.4) is 0 Å². The van der Waals surface area contributed by atoms with E-state index in [0.717, 1.165) is 5.56 Å². The van der Waals surface area contributed by atoms with Gasteiger partial charge in [0.05, 0.1) is 11.1 Å². The topological polar surface area (TPSA) is 41.6 Å². The van der Waals surface area contributed by atoms with Crippen molar-refractivity contribution >= 4 is 17.5 Å². The van der Waals surface area contributed by atoms with Crippen LogP contribution in [-0.4, -0.2) is 38.1 Å². The number of halogens is 2. The molecule has 0 bridgehead atoms. The van der Waals surface area contributed by atoms with Gasteiger partial charge in [-0.05, 0) is 43.9 Å². The highest BCUT2D eigenvalue weighted by Crippen LogP contribution is 2.23. The first-order chi connectivity index (χ1) is 11.5. The van der Waals surface area contributed by atoms with Crippen LogP contribution in [0.4, 0.5) is 4.39 Å². The van der Waals surface area contributed by atoms with E-state index in [1.807, 2.05) is 25.1 Å². The highest BCUT2D eigenvalue weighted by molar-refractivity contribution is 6.32. The van der Waals surface area contributed by atoms with E-state index in [1.165, 1.54) is 12.1 Å². The largest absolute Gasteiger partial charge is 0.482 e. The number of carbonyl (C=O) groups excluding carboxylic acids is 1. The number of nitrogens with one attached hydrogen (secondary N) is 1. The third-order valence-corrected chi connectivity index (χ3v) is 3.86. The Morgan fingerprint density at radius 1 is 1.25 bits per heavy atom. The Bertz CT molecular complexity index is 694. The number of amides is 1. The molecule has 0 aliphatic carbocycles. The van der Waals surface area contributed by atoms with Crippen LogP contribution in [0.2, 0.25) is 5.02 Å². The number of hydrogen-bond acceptors (Lipinski definition) is 3. The summed E-state index contributed by atoms with van der Waals surface area (Å²) >= 11 is 5.97. The molecule has 24 heavy (non-hydrogen) atoms. The van der Waals surface area contributed by atoms with Gasteiger partial charge in [-0.2, -0.15) is 0 Å². The van der Waals surface area contributed by atoms with E-state index in [0.29, 0.717) is 17.3 Å². The molecule has 4 nitrogen and oxygen atoms in total. The van der Waals surface area contributed by atoms with Gasteiger partial charge in [0.25, 0.3) is 5.91 Å². The van der Waals surface area contributed by atoms with Gasteiger partial charge in [-0.15, -0.1) is 0 Å². The Hall–Kier alpha value is -2.11. The average molecular weight is 351 g/mol. The molecule has 128 valence electrons. The molecule has 0 aliphatic heterocycles. The number of benzene rings is 2. The second-order valence-electron chi connectivity index (χ2n) is 5.56. The molecule has 1 atom stereocenters. The molecule has 2 aromatic carbocycles. The van der Waals surface area contributed by atoms with E-state index in [4.69, 9.17) is 16.3 Å². The van der Waals surface area contributed by atoms with Crippen molar-refractivity contribution in [1.29, 1.82) is 0 Å². The monoisotopic (exact) mass is 350 g/mol. The Morgan fingerprint density at radius 2 is 2.00 bits per heavy atom. The maximum absolute atomic E-state index is 13.4. The van der Waals surface area contributed by atoms with E-state index < -0.39 is 0 Å². The highest BCUT2D eigenvalue weighted by Gasteiger charge is 2.16. The van der Waals surface area contributed by atoms with Crippen molar-refractivity contribution in [3.63, 3.8) is 0 Å². The molecule has 0 radical (unpaired) electrons. The lowest BCUT2D eigenvalue weighted by molar-refractivity contribution is -0.123. The van der Waals surface area contributed by atoms with Crippen LogP contribution in [0.5, 0.6) is 5.75 Å². The van der Waals surface area contributed by atoms with Crippen LogP contribution in [-0.2, 0) is 4.79 Å². The van der Waals surface area contributed by atoms with Crippen molar-refractivity contribution in [1.82, 2.24) is 10.2 Å². The van der Waals surface area contributed by atoms with Gasteiger partial charge in [0, 0.05) is 6.54 Å². The highest BCUT2D eigenvalue weighted by atomic mass is 35.5. The zero-order valence-corrected chi connectivity index (χ0v) is 14.4. The molecule has 1 unspecified atom stereocenters. The Kier molecular flexibility index (Phi) is 6.58. The van der Waals surface area contributed by atoms with Gasteiger partial charge < -0.3 is 15.0 Å². The number of likely N-dealkylation sites (N-methyl/N-ethyl adjacent to an activating group) is 1. The molecule has 0 heterocycles. The molecule has 2 aromatic rings. The third kappa shape index (κ3) is 5.22. The van der Waals surface area contributed by atoms with Gasteiger partial charge in [0.2, 0.25) is 0 Å². The fourth-order valence-corrected chi connectivity index (χ4v) is 2.47. The first-order valence-corrected chi connectivity index (χ1v) is 7.91. The van der Waals surface area contributed by atoms with Crippen molar-refractivity contribution < 1.29 is 13.9 Å². The molecule has 0 saturated heterocycles. The van der Waals surface area contributed by atoms with Crippen LogP contribution in [0, 0.1) is 5.82 Å². The van der Waals surface area contributed by atoms with Crippen LogP contribution >= 0.6 is 11.6 Å². The summed E-state index contributed by atoms with van der Waals surface area (Å²) in [7, 11) is 3.75. The molecule has 1 amide bonds. The van der Waals surface area contributed by atoms with E-state index in [1.54, 1.807) is 30.3 Å². The lowest BCUT2D eigenvalue weighted by Gasteiger charge is -2.25. The molecular formula is C18H20ClFN2O2. The predicted molar refractivity (Wildman–Crippen MR) is 92.8 cm³/mol. The Morgan fingerprint density at radius 3 is 2.67 bits per heavy atom. The van der Waals surface area contributed by atoms with Gasteiger partial charge in [-0.3, -0.25) is 4.79 Å². The number of nitrogens with zero attached hydrogens (tertiary/aromatic N) is 1. The number of ether oxygens (including phenoxy) is 1. The van der Waals surface area contributed by atoms with Gasteiger partial charge in [0.15, 0.2) is 6.61 Å². The van der Waals surface area contributed by atoms with E-state index in [-0.39, 0.29) is 24.4 Å². The Labute approximate surface area is 146 Å². The van der Waals surface area contributed by atoms with Crippen molar-refractivity contribution in [2.45, 2.75) is 6.04 Å². The zero-order chi connectivity index (χ0) is 17.5. The van der Waals surface area contributed by atoms with Gasteiger partial charge in [-0.25, -0.2) is 4.39 Å². The summed E-state index contributed by atoms with van der Waals surface area (Å²) in [5.74, 6) is -0.102. The molecule has 1 N–H and O–H groups in total. The van der Waals surface area contributed by atoms with Gasteiger partial charge in [-0.1, -0.05) is 35.9 Å². The third-order valence-electron chi connectivity index (χ3n) is 3.54. The lowest BCUT2D eigenvalue weighted by atomic mass is 10.1. The van der Waals surface area contributed by atoms with E-state index in [2.05, 4.69) is 5.32 Å². The van der Waals surface area contributed by atoms with Crippen molar-refractivity contribution in [3.05, 3.63) is 64.9 Å². The zero-order valence-electron chi connectivity index (χ0n) is 13.6. The smallest absolute Gasteiger partial charge is 0.258 e. The fraction of sp³-hybridized carbons (Fsp3) is 0.278. The molecular weight excluding hydrogens is 331 g/mol. The molecule has 6 heteroatoms. The minimum absolute atomic E-state index is 0.132. The summed E-state index contributed by atoms with van der Waals surface area (Å²) in [5, 5.41) is 3.26. The molecule has 2 rings (SSSR count). The number of rotatable bonds is 7. The SMILES string of the molecule is CN(C)C(CNC(=O)COc1ccccc1Cl)c1cccc(F)c1. The first kappa shape index (κ1) is 18.2. The van der Waals surface area contributed by atoms with E-state index >= 15 is 0 Å². The quantitative estimate of drug-likeness (QED) is 0.833. The van der Waals surface area contributed by atoms with Crippen LogP contribution in [0.1, 0.15) is 11.6 Å². The van der Waals surface area contributed by atoms with Crippen LogP contribution in [0.15, 0.2) is 48.5 Å². The standard InChI is InChI=1S/C18H20ClFN2O2/c1-22(2)16(13-6-5-7-14(20)10-13)11-21-18(23)12-24-17-9-4-3-8-15(17)19/h3-10,16H,11-12H2,1-2H3,(H,21,23). The maximum atomic E-state index is 13.4. The summed E-state index contributed by atoms with van der Waals surface area (Å²) < 4.78 is 18.8. The van der Waals surface area contributed by atoms with Crippen molar-refractivity contribution in [3.8, 4) is 5.75 Å². The summed E-state index contributed by atoms with van der Waals surface area (Å²) in [5.41, 5.74) is 0.798. The lowest BCUT2D eigenvalue weighted by Crippen LogP contribution is -2.36. The Balaban J connectivity index is 1.90. The summed E-state index contributed by atoms with van der Waals surface area (Å²) in [4.78, 5) is 13.9. The van der Waals surface area contributed by atoms with Crippen molar-refractivity contribution in [2.75, 3.05) is 27.2 Å². The van der Waals surface area contributed by atoms with E-state index in [9.17, 15) is 9.18 Å². The molecule has 0 aliphatic rings. The molecule has 0 spiro atoms.